The number of anilines is 1. The van der Waals surface area contributed by atoms with Gasteiger partial charge < -0.3 is 9.73 Å². The standard InChI is InChI=1S/C18H19N3O/c1-3-14-6-4-5-7-16(14)19-12-17-20-21-18(22-17)15-10-8-13(2)9-11-15/h4-11,19H,3,12H2,1-2H3. The van der Waals surface area contributed by atoms with Crippen LogP contribution in [0.5, 0.6) is 0 Å². The summed E-state index contributed by atoms with van der Waals surface area (Å²) in [6, 6.07) is 16.3. The Kier molecular flexibility index (Phi) is 4.19. The van der Waals surface area contributed by atoms with Crippen molar-refractivity contribution in [3.8, 4) is 11.5 Å². The highest BCUT2D eigenvalue weighted by molar-refractivity contribution is 5.53. The molecule has 3 rings (SSSR count). The highest BCUT2D eigenvalue weighted by Gasteiger charge is 2.08. The molecule has 0 aliphatic heterocycles. The van der Waals surface area contributed by atoms with Gasteiger partial charge in [0, 0.05) is 11.3 Å². The van der Waals surface area contributed by atoms with Crippen LogP contribution in [-0.4, -0.2) is 10.2 Å². The zero-order valence-corrected chi connectivity index (χ0v) is 12.8. The predicted octanol–water partition coefficient (Wildman–Crippen LogP) is 4.22. The van der Waals surface area contributed by atoms with E-state index in [0.29, 0.717) is 18.3 Å². The normalized spacial score (nSPS) is 10.6. The van der Waals surface area contributed by atoms with Gasteiger partial charge in [0.15, 0.2) is 0 Å². The topological polar surface area (TPSA) is 51.0 Å². The largest absolute Gasteiger partial charge is 0.419 e. The van der Waals surface area contributed by atoms with E-state index in [4.69, 9.17) is 4.42 Å². The summed E-state index contributed by atoms with van der Waals surface area (Å²) >= 11 is 0. The molecule has 0 atom stereocenters. The number of nitrogens with zero attached hydrogens (tertiary/aromatic N) is 2. The van der Waals surface area contributed by atoms with E-state index in [1.54, 1.807) is 0 Å². The van der Waals surface area contributed by atoms with Crippen LogP contribution in [0, 0.1) is 6.92 Å². The SMILES string of the molecule is CCc1ccccc1NCc1nnc(-c2ccc(C)cc2)o1. The molecule has 1 aromatic heterocycles. The first-order valence-corrected chi connectivity index (χ1v) is 7.47. The average Bonchev–Trinajstić information content (AvgIpc) is 3.03. The summed E-state index contributed by atoms with van der Waals surface area (Å²) in [5.41, 5.74) is 4.54. The van der Waals surface area contributed by atoms with Crippen molar-refractivity contribution >= 4 is 5.69 Å². The van der Waals surface area contributed by atoms with Crippen molar-refractivity contribution in [1.82, 2.24) is 10.2 Å². The zero-order chi connectivity index (χ0) is 15.4. The van der Waals surface area contributed by atoms with Gasteiger partial charge in [0.05, 0.1) is 6.54 Å². The number of para-hydroxylation sites is 1. The molecular weight excluding hydrogens is 274 g/mol. The number of nitrogens with one attached hydrogen (secondary N) is 1. The van der Waals surface area contributed by atoms with E-state index >= 15 is 0 Å². The van der Waals surface area contributed by atoms with E-state index < -0.39 is 0 Å². The number of hydrogen-bond donors (Lipinski definition) is 1. The van der Waals surface area contributed by atoms with Crippen molar-refractivity contribution in [1.29, 1.82) is 0 Å². The lowest BCUT2D eigenvalue weighted by molar-refractivity contribution is 0.515. The third-order valence-corrected chi connectivity index (χ3v) is 3.59. The molecule has 3 aromatic rings. The highest BCUT2D eigenvalue weighted by Crippen LogP contribution is 2.20. The minimum absolute atomic E-state index is 0.524. The molecule has 0 fully saturated rings. The molecule has 0 saturated heterocycles. The van der Waals surface area contributed by atoms with Gasteiger partial charge in [0.1, 0.15) is 0 Å². The number of aryl methyl sites for hydroxylation is 2. The molecule has 0 amide bonds. The van der Waals surface area contributed by atoms with Gasteiger partial charge in [0.25, 0.3) is 0 Å². The zero-order valence-electron chi connectivity index (χ0n) is 12.8. The summed E-state index contributed by atoms with van der Waals surface area (Å²) < 4.78 is 5.72. The molecular formula is C18H19N3O. The molecule has 0 bridgehead atoms. The molecule has 0 radical (unpaired) electrons. The number of rotatable bonds is 5. The molecule has 0 spiro atoms. The Morgan fingerprint density at radius 3 is 2.55 bits per heavy atom. The maximum absolute atomic E-state index is 5.72. The second-order valence-corrected chi connectivity index (χ2v) is 5.23. The lowest BCUT2D eigenvalue weighted by atomic mass is 10.1. The van der Waals surface area contributed by atoms with Crippen LogP contribution in [0.25, 0.3) is 11.5 Å². The van der Waals surface area contributed by atoms with Crippen molar-refractivity contribution in [2.24, 2.45) is 0 Å². The van der Waals surface area contributed by atoms with Gasteiger partial charge in [-0.15, -0.1) is 10.2 Å². The Bertz CT molecular complexity index is 747. The molecule has 1 heterocycles. The van der Waals surface area contributed by atoms with Crippen LogP contribution >= 0.6 is 0 Å². The first-order chi connectivity index (χ1) is 10.8. The van der Waals surface area contributed by atoms with Gasteiger partial charge in [-0.1, -0.05) is 42.8 Å². The Morgan fingerprint density at radius 1 is 1.00 bits per heavy atom. The Hall–Kier alpha value is -2.62. The maximum Gasteiger partial charge on any atom is 0.247 e. The molecule has 22 heavy (non-hydrogen) atoms. The Labute approximate surface area is 130 Å². The fraction of sp³-hybridized carbons (Fsp3) is 0.222. The molecule has 112 valence electrons. The van der Waals surface area contributed by atoms with E-state index in [-0.39, 0.29) is 0 Å². The highest BCUT2D eigenvalue weighted by atomic mass is 16.4. The van der Waals surface area contributed by atoms with Gasteiger partial charge >= 0.3 is 0 Å². The van der Waals surface area contributed by atoms with Crippen LogP contribution in [0.4, 0.5) is 5.69 Å². The minimum Gasteiger partial charge on any atom is -0.419 e. The van der Waals surface area contributed by atoms with Crippen molar-refractivity contribution < 1.29 is 4.42 Å². The van der Waals surface area contributed by atoms with E-state index in [0.717, 1.165) is 17.7 Å². The predicted molar refractivity (Wildman–Crippen MR) is 87.6 cm³/mol. The molecule has 0 aliphatic carbocycles. The average molecular weight is 293 g/mol. The molecule has 0 unspecified atom stereocenters. The molecule has 4 heteroatoms. The van der Waals surface area contributed by atoms with Crippen molar-refractivity contribution in [2.75, 3.05) is 5.32 Å². The molecule has 0 aliphatic rings. The summed E-state index contributed by atoms with van der Waals surface area (Å²) in [6.45, 7) is 4.72. The molecule has 1 N–H and O–H groups in total. The van der Waals surface area contributed by atoms with Gasteiger partial charge in [-0.05, 0) is 37.1 Å². The summed E-state index contributed by atoms with van der Waals surface area (Å²) in [7, 11) is 0. The monoisotopic (exact) mass is 293 g/mol. The second-order valence-electron chi connectivity index (χ2n) is 5.23. The lowest BCUT2D eigenvalue weighted by Crippen LogP contribution is -2.02. The first kappa shape index (κ1) is 14.3. The number of benzene rings is 2. The quantitative estimate of drug-likeness (QED) is 0.765. The summed E-state index contributed by atoms with van der Waals surface area (Å²) in [5.74, 6) is 1.14. The fourth-order valence-corrected chi connectivity index (χ4v) is 2.31. The van der Waals surface area contributed by atoms with Gasteiger partial charge in [-0.2, -0.15) is 0 Å². The number of aromatic nitrogens is 2. The third-order valence-electron chi connectivity index (χ3n) is 3.59. The van der Waals surface area contributed by atoms with Crippen molar-refractivity contribution in [3.05, 3.63) is 65.5 Å². The van der Waals surface area contributed by atoms with Crippen LogP contribution in [0.1, 0.15) is 23.9 Å². The smallest absolute Gasteiger partial charge is 0.247 e. The Balaban J connectivity index is 1.71. The Morgan fingerprint density at radius 2 is 1.77 bits per heavy atom. The summed E-state index contributed by atoms with van der Waals surface area (Å²) in [6.07, 6.45) is 0.988. The van der Waals surface area contributed by atoms with Crippen LogP contribution < -0.4 is 5.32 Å². The number of hydrogen-bond acceptors (Lipinski definition) is 4. The van der Waals surface area contributed by atoms with E-state index in [9.17, 15) is 0 Å². The third kappa shape index (κ3) is 3.17. The molecule has 0 saturated carbocycles. The van der Waals surface area contributed by atoms with E-state index in [1.165, 1.54) is 11.1 Å². The maximum atomic E-state index is 5.72. The van der Waals surface area contributed by atoms with E-state index in [2.05, 4.69) is 41.5 Å². The van der Waals surface area contributed by atoms with Crippen LogP contribution in [0.2, 0.25) is 0 Å². The van der Waals surface area contributed by atoms with Crippen molar-refractivity contribution in [2.45, 2.75) is 26.8 Å². The van der Waals surface area contributed by atoms with Crippen LogP contribution in [0.3, 0.4) is 0 Å². The lowest BCUT2D eigenvalue weighted by Gasteiger charge is -2.08. The minimum atomic E-state index is 0.524. The van der Waals surface area contributed by atoms with E-state index in [1.807, 2.05) is 36.4 Å². The van der Waals surface area contributed by atoms with Gasteiger partial charge in [-0.3, -0.25) is 0 Å². The second kappa shape index (κ2) is 6.43. The van der Waals surface area contributed by atoms with Crippen LogP contribution in [-0.2, 0) is 13.0 Å². The van der Waals surface area contributed by atoms with Gasteiger partial charge in [-0.25, -0.2) is 0 Å². The molecule has 2 aromatic carbocycles. The first-order valence-electron chi connectivity index (χ1n) is 7.47. The fourth-order valence-electron chi connectivity index (χ4n) is 2.31. The van der Waals surface area contributed by atoms with Crippen molar-refractivity contribution in [3.63, 3.8) is 0 Å². The summed E-state index contributed by atoms with van der Waals surface area (Å²) in [5, 5.41) is 11.6. The molecule has 4 nitrogen and oxygen atoms in total. The van der Waals surface area contributed by atoms with Crippen LogP contribution in [0.15, 0.2) is 52.9 Å². The summed E-state index contributed by atoms with van der Waals surface area (Å²) in [4.78, 5) is 0. The van der Waals surface area contributed by atoms with Gasteiger partial charge in [0.2, 0.25) is 11.8 Å².